The summed E-state index contributed by atoms with van der Waals surface area (Å²) in [6.07, 6.45) is 1.69. The molecule has 0 fully saturated rings. The van der Waals surface area contributed by atoms with Crippen LogP contribution in [-0.4, -0.2) is 38.2 Å². The lowest BCUT2D eigenvalue weighted by Gasteiger charge is -2.30. The molecule has 88 valence electrons. The zero-order chi connectivity index (χ0) is 11.7. The molecule has 1 aliphatic rings. The second kappa shape index (κ2) is 4.21. The zero-order valence-corrected chi connectivity index (χ0v) is 9.63. The van der Waals surface area contributed by atoms with E-state index in [9.17, 15) is 4.79 Å². The molecule has 0 bridgehead atoms. The van der Waals surface area contributed by atoms with Crippen molar-refractivity contribution >= 4 is 5.91 Å². The Bertz CT molecular complexity index is 386. The van der Waals surface area contributed by atoms with E-state index >= 15 is 0 Å². The smallest absolute Gasteiger partial charge is 0.240 e. The van der Waals surface area contributed by atoms with Gasteiger partial charge in [0.05, 0.1) is 12.6 Å². The van der Waals surface area contributed by atoms with Crippen molar-refractivity contribution in [3.63, 3.8) is 0 Å². The average molecular weight is 223 g/mol. The number of amides is 1. The molecule has 1 aromatic rings. The van der Waals surface area contributed by atoms with E-state index in [0.29, 0.717) is 13.1 Å². The second-order valence-corrected chi connectivity index (χ2v) is 4.47. The SMILES string of the molecule is CC(C)C(N)C(=O)N1CCn2cnnc2C1. The van der Waals surface area contributed by atoms with Crippen molar-refractivity contribution in [2.75, 3.05) is 6.54 Å². The minimum absolute atomic E-state index is 0.00394. The number of aromatic nitrogens is 3. The van der Waals surface area contributed by atoms with Gasteiger partial charge in [-0.3, -0.25) is 4.79 Å². The van der Waals surface area contributed by atoms with Gasteiger partial charge in [0, 0.05) is 13.1 Å². The van der Waals surface area contributed by atoms with Crippen molar-refractivity contribution in [1.82, 2.24) is 19.7 Å². The fourth-order valence-corrected chi connectivity index (χ4v) is 1.75. The molecular weight excluding hydrogens is 206 g/mol. The first-order valence-electron chi connectivity index (χ1n) is 5.50. The molecular formula is C10H17N5O. The Labute approximate surface area is 94.4 Å². The maximum absolute atomic E-state index is 12.0. The minimum atomic E-state index is -0.422. The number of nitrogens with two attached hydrogens (primary N) is 1. The summed E-state index contributed by atoms with van der Waals surface area (Å²) in [7, 11) is 0. The summed E-state index contributed by atoms with van der Waals surface area (Å²) in [5, 5.41) is 7.79. The van der Waals surface area contributed by atoms with Crippen LogP contribution in [0, 0.1) is 5.92 Å². The van der Waals surface area contributed by atoms with Crippen molar-refractivity contribution in [2.24, 2.45) is 11.7 Å². The third kappa shape index (κ3) is 1.92. The highest BCUT2D eigenvalue weighted by Gasteiger charge is 2.27. The van der Waals surface area contributed by atoms with Gasteiger partial charge < -0.3 is 15.2 Å². The van der Waals surface area contributed by atoms with Crippen molar-refractivity contribution in [3.05, 3.63) is 12.2 Å². The first-order valence-corrected chi connectivity index (χ1v) is 5.50. The average Bonchev–Trinajstić information content (AvgIpc) is 2.73. The van der Waals surface area contributed by atoms with Gasteiger partial charge >= 0.3 is 0 Å². The van der Waals surface area contributed by atoms with Gasteiger partial charge in [-0.05, 0) is 5.92 Å². The number of carbonyl (C=O) groups is 1. The van der Waals surface area contributed by atoms with Gasteiger partial charge in [-0.25, -0.2) is 0 Å². The van der Waals surface area contributed by atoms with Crippen molar-refractivity contribution in [3.8, 4) is 0 Å². The summed E-state index contributed by atoms with van der Waals surface area (Å²) in [6, 6.07) is -0.422. The van der Waals surface area contributed by atoms with Crippen LogP contribution in [0.25, 0.3) is 0 Å². The topological polar surface area (TPSA) is 77.0 Å². The lowest BCUT2D eigenvalue weighted by atomic mass is 10.0. The lowest BCUT2D eigenvalue weighted by Crippen LogP contribution is -2.49. The van der Waals surface area contributed by atoms with E-state index < -0.39 is 6.04 Å². The predicted octanol–water partition coefficient (Wildman–Crippen LogP) is -0.396. The number of carbonyl (C=O) groups excluding carboxylic acids is 1. The van der Waals surface area contributed by atoms with Crippen LogP contribution in [0.15, 0.2) is 6.33 Å². The summed E-state index contributed by atoms with van der Waals surface area (Å²) in [6.45, 7) is 5.85. The molecule has 0 radical (unpaired) electrons. The van der Waals surface area contributed by atoms with Crippen LogP contribution >= 0.6 is 0 Å². The largest absolute Gasteiger partial charge is 0.332 e. The number of fused-ring (bicyclic) bond motifs is 1. The van der Waals surface area contributed by atoms with E-state index in [1.54, 1.807) is 11.2 Å². The molecule has 1 unspecified atom stereocenters. The third-order valence-electron chi connectivity index (χ3n) is 2.95. The summed E-state index contributed by atoms with van der Waals surface area (Å²) in [5.41, 5.74) is 5.85. The molecule has 1 amide bonds. The fourth-order valence-electron chi connectivity index (χ4n) is 1.75. The lowest BCUT2D eigenvalue weighted by molar-refractivity contribution is -0.135. The number of hydrogen-bond donors (Lipinski definition) is 1. The normalized spacial score (nSPS) is 17.4. The van der Waals surface area contributed by atoms with Crippen LogP contribution in [0.3, 0.4) is 0 Å². The monoisotopic (exact) mass is 223 g/mol. The van der Waals surface area contributed by atoms with E-state index in [1.807, 2.05) is 18.4 Å². The molecule has 0 spiro atoms. The fraction of sp³-hybridized carbons (Fsp3) is 0.700. The van der Waals surface area contributed by atoms with Gasteiger partial charge in [-0.15, -0.1) is 10.2 Å². The van der Waals surface area contributed by atoms with Crippen molar-refractivity contribution in [1.29, 1.82) is 0 Å². The van der Waals surface area contributed by atoms with Gasteiger partial charge in [-0.2, -0.15) is 0 Å². The zero-order valence-electron chi connectivity index (χ0n) is 9.63. The summed E-state index contributed by atoms with van der Waals surface area (Å²) in [5.74, 6) is 0.993. The Hall–Kier alpha value is -1.43. The van der Waals surface area contributed by atoms with Crippen LogP contribution in [-0.2, 0) is 17.9 Å². The third-order valence-corrected chi connectivity index (χ3v) is 2.95. The summed E-state index contributed by atoms with van der Waals surface area (Å²) < 4.78 is 1.96. The van der Waals surface area contributed by atoms with Crippen LogP contribution in [0.4, 0.5) is 0 Å². The second-order valence-electron chi connectivity index (χ2n) is 4.47. The highest BCUT2D eigenvalue weighted by atomic mass is 16.2. The van der Waals surface area contributed by atoms with E-state index in [2.05, 4.69) is 10.2 Å². The van der Waals surface area contributed by atoms with Gasteiger partial charge in [-0.1, -0.05) is 13.8 Å². The predicted molar refractivity (Wildman–Crippen MR) is 58.3 cm³/mol. The van der Waals surface area contributed by atoms with Crippen LogP contribution in [0.5, 0.6) is 0 Å². The standard InChI is InChI=1S/C10H17N5O/c1-7(2)9(11)10(16)14-3-4-15-6-12-13-8(15)5-14/h6-7,9H,3-5,11H2,1-2H3. The molecule has 0 saturated heterocycles. The highest BCUT2D eigenvalue weighted by Crippen LogP contribution is 2.12. The Morgan fingerprint density at radius 3 is 2.94 bits per heavy atom. The van der Waals surface area contributed by atoms with Crippen LogP contribution in [0.1, 0.15) is 19.7 Å². The maximum atomic E-state index is 12.0. The van der Waals surface area contributed by atoms with E-state index in [0.717, 1.165) is 12.4 Å². The molecule has 1 atom stereocenters. The first-order chi connectivity index (χ1) is 7.59. The molecule has 0 aromatic carbocycles. The van der Waals surface area contributed by atoms with Gasteiger partial charge in [0.1, 0.15) is 6.33 Å². The number of rotatable bonds is 2. The molecule has 6 heteroatoms. The van der Waals surface area contributed by atoms with E-state index in [4.69, 9.17) is 5.73 Å². The van der Waals surface area contributed by atoms with Gasteiger partial charge in [0.25, 0.3) is 0 Å². The highest BCUT2D eigenvalue weighted by molar-refractivity contribution is 5.81. The molecule has 6 nitrogen and oxygen atoms in total. The number of hydrogen-bond acceptors (Lipinski definition) is 4. The molecule has 2 heterocycles. The molecule has 2 N–H and O–H groups in total. The van der Waals surface area contributed by atoms with Crippen molar-refractivity contribution < 1.29 is 4.79 Å². The quantitative estimate of drug-likeness (QED) is 0.740. The Morgan fingerprint density at radius 2 is 2.25 bits per heavy atom. The summed E-state index contributed by atoms with van der Waals surface area (Å²) >= 11 is 0. The number of nitrogens with zero attached hydrogens (tertiary/aromatic N) is 4. The maximum Gasteiger partial charge on any atom is 0.240 e. The summed E-state index contributed by atoms with van der Waals surface area (Å²) in [4.78, 5) is 13.8. The van der Waals surface area contributed by atoms with E-state index in [-0.39, 0.29) is 11.8 Å². The van der Waals surface area contributed by atoms with Crippen molar-refractivity contribution in [2.45, 2.75) is 33.0 Å². The van der Waals surface area contributed by atoms with Crippen LogP contribution in [0.2, 0.25) is 0 Å². The molecule has 1 aromatic heterocycles. The molecule has 1 aliphatic heterocycles. The Kier molecular flexibility index (Phi) is 2.91. The van der Waals surface area contributed by atoms with Gasteiger partial charge in [0.2, 0.25) is 5.91 Å². The molecule has 2 rings (SSSR count). The molecule has 0 saturated carbocycles. The van der Waals surface area contributed by atoms with E-state index in [1.165, 1.54) is 0 Å². The van der Waals surface area contributed by atoms with Crippen LogP contribution < -0.4 is 5.73 Å². The molecule has 0 aliphatic carbocycles. The Balaban J connectivity index is 2.06. The minimum Gasteiger partial charge on any atom is -0.332 e. The molecule has 16 heavy (non-hydrogen) atoms. The first kappa shape index (κ1) is 11.1. The Morgan fingerprint density at radius 1 is 1.50 bits per heavy atom. The van der Waals surface area contributed by atoms with Gasteiger partial charge in [0.15, 0.2) is 5.82 Å².